The molecule has 2 aromatic rings. The average Bonchev–Trinajstić information content (AvgIpc) is 2.78. The van der Waals surface area contributed by atoms with Gasteiger partial charge in [0.15, 0.2) is 28.1 Å². The highest BCUT2D eigenvalue weighted by molar-refractivity contribution is 7.80. The molecule has 32 heavy (non-hydrogen) atoms. The Bertz CT molecular complexity index is 777. The second-order valence-corrected chi connectivity index (χ2v) is 7.39. The van der Waals surface area contributed by atoms with E-state index in [0.29, 0.717) is 31.5 Å². The number of nitrogens with one attached hydrogen (secondary N) is 2. The lowest BCUT2D eigenvalue weighted by Gasteiger charge is -2.14. The lowest BCUT2D eigenvalue weighted by atomic mass is 10.1. The summed E-state index contributed by atoms with van der Waals surface area (Å²) in [5, 5.41) is 7.19. The summed E-state index contributed by atoms with van der Waals surface area (Å²) in [6, 6.07) is 12.1. The van der Waals surface area contributed by atoms with Crippen molar-refractivity contribution in [2.24, 2.45) is 0 Å². The zero-order valence-electron chi connectivity index (χ0n) is 19.7. The summed E-state index contributed by atoms with van der Waals surface area (Å²) in [7, 11) is 0. The third kappa shape index (κ3) is 8.46. The zero-order valence-corrected chi connectivity index (χ0v) is 20.5. The first-order chi connectivity index (χ1) is 15.6. The summed E-state index contributed by atoms with van der Waals surface area (Å²) in [6.07, 6.45) is 1.68. The van der Waals surface area contributed by atoms with Crippen LogP contribution in [0, 0.1) is 0 Å². The van der Waals surface area contributed by atoms with Gasteiger partial charge in [-0.15, -0.1) is 0 Å². The maximum atomic E-state index is 5.70. The van der Waals surface area contributed by atoms with Crippen molar-refractivity contribution in [2.45, 2.75) is 40.5 Å². The molecule has 0 amide bonds. The van der Waals surface area contributed by atoms with E-state index < -0.39 is 0 Å². The fraction of sp³-hybridized carbons (Fsp3) is 0.480. The largest absolute Gasteiger partial charge is 0.490 e. The van der Waals surface area contributed by atoms with E-state index in [1.165, 1.54) is 11.1 Å². The van der Waals surface area contributed by atoms with Crippen LogP contribution in [0.2, 0.25) is 0 Å². The van der Waals surface area contributed by atoms with Crippen LogP contribution in [0.4, 0.5) is 0 Å². The molecule has 0 spiro atoms. The van der Waals surface area contributed by atoms with E-state index in [4.69, 9.17) is 31.2 Å². The number of hydrogen-bond acceptors (Lipinski definition) is 5. The van der Waals surface area contributed by atoms with Gasteiger partial charge in [-0.1, -0.05) is 12.1 Å². The topological polar surface area (TPSA) is 61.0 Å². The molecule has 0 radical (unpaired) electrons. The van der Waals surface area contributed by atoms with Crippen LogP contribution in [0.25, 0.3) is 0 Å². The van der Waals surface area contributed by atoms with Crippen molar-refractivity contribution in [2.75, 3.05) is 39.5 Å². The first kappa shape index (κ1) is 25.6. The van der Waals surface area contributed by atoms with Gasteiger partial charge in [0.25, 0.3) is 0 Å². The third-order valence-electron chi connectivity index (χ3n) is 4.61. The minimum Gasteiger partial charge on any atom is -0.490 e. The molecule has 0 aliphatic rings. The van der Waals surface area contributed by atoms with Crippen LogP contribution in [0.3, 0.4) is 0 Å². The molecule has 0 atom stereocenters. The number of rotatable bonds is 14. The van der Waals surface area contributed by atoms with Gasteiger partial charge in [0.05, 0.1) is 26.4 Å². The van der Waals surface area contributed by atoms with E-state index in [-0.39, 0.29) is 0 Å². The van der Waals surface area contributed by atoms with Crippen LogP contribution in [-0.2, 0) is 12.8 Å². The Balaban J connectivity index is 1.77. The highest BCUT2D eigenvalue weighted by Gasteiger charge is 2.08. The van der Waals surface area contributed by atoms with Crippen molar-refractivity contribution >= 4 is 17.3 Å². The van der Waals surface area contributed by atoms with E-state index >= 15 is 0 Å². The van der Waals surface area contributed by atoms with Crippen molar-refractivity contribution in [3.8, 4) is 23.0 Å². The second-order valence-electron chi connectivity index (χ2n) is 6.98. The standard InChI is InChI=1S/C25H36N2O4S/c1-5-28-21-11-9-19(17-23(21)30-7-3)13-15-26-25(32)27-16-14-20-10-12-22(29-6-2)24(18-20)31-8-4/h9-12,17-18H,5-8,13-16H2,1-4H3,(H2,26,27,32). The summed E-state index contributed by atoms with van der Waals surface area (Å²) in [4.78, 5) is 0. The SMILES string of the molecule is CCOc1ccc(CCNC(=S)NCCc2ccc(OCC)c(OCC)c2)cc1OCC. The number of hydrogen-bond donors (Lipinski definition) is 2. The van der Waals surface area contributed by atoms with Crippen molar-refractivity contribution in [1.29, 1.82) is 0 Å². The summed E-state index contributed by atoms with van der Waals surface area (Å²) in [6.45, 7) is 11.8. The molecule has 0 saturated carbocycles. The van der Waals surface area contributed by atoms with Crippen LogP contribution < -0.4 is 29.6 Å². The summed E-state index contributed by atoms with van der Waals surface area (Å²) >= 11 is 5.42. The predicted molar refractivity (Wildman–Crippen MR) is 134 cm³/mol. The Hall–Kier alpha value is -2.67. The van der Waals surface area contributed by atoms with Crippen molar-refractivity contribution in [3.63, 3.8) is 0 Å². The van der Waals surface area contributed by atoms with Crippen LogP contribution in [-0.4, -0.2) is 44.6 Å². The van der Waals surface area contributed by atoms with Gasteiger partial charge >= 0.3 is 0 Å². The van der Waals surface area contributed by atoms with E-state index in [9.17, 15) is 0 Å². The van der Waals surface area contributed by atoms with Gasteiger partial charge in [-0.05, 0) is 88.1 Å². The number of thiocarbonyl (C=S) groups is 1. The Morgan fingerprint density at radius 2 is 1.00 bits per heavy atom. The van der Waals surface area contributed by atoms with E-state index in [0.717, 1.165) is 48.9 Å². The maximum absolute atomic E-state index is 5.70. The summed E-state index contributed by atoms with van der Waals surface area (Å²) < 4.78 is 22.6. The molecule has 2 rings (SSSR count). The molecule has 0 fully saturated rings. The van der Waals surface area contributed by atoms with Gasteiger partial charge < -0.3 is 29.6 Å². The minimum absolute atomic E-state index is 0.607. The van der Waals surface area contributed by atoms with Crippen molar-refractivity contribution < 1.29 is 18.9 Å². The zero-order chi connectivity index (χ0) is 23.2. The molecule has 0 heterocycles. The summed E-state index contributed by atoms with van der Waals surface area (Å²) in [5.74, 6) is 3.14. The molecule has 2 N–H and O–H groups in total. The second kappa shape index (κ2) is 14.4. The normalized spacial score (nSPS) is 10.4. The van der Waals surface area contributed by atoms with E-state index in [1.54, 1.807) is 0 Å². The fourth-order valence-electron chi connectivity index (χ4n) is 3.21. The van der Waals surface area contributed by atoms with E-state index in [2.05, 4.69) is 22.8 Å². The lowest BCUT2D eigenvalue weighted by Crippen LogP contribution is -2.37. The monoisotopic (exact) mass is 460 g/mol. The van der Waals surface area contributed by atoms with Crippen molar-refractivity contribution in [3.05, 3.63) is 47.5 Å². The molecule has 7 heteroatoms. The van der Waals surface area contributed by atoms with Gasteiger partial charge in [0.1, 0.15) is 0 Å². The number of ether oxygens (including phenoxy) is 4. The molecule has 176 valence electrons. The van der Waals surface area contributed by atoms with Crippen molar-refractivity contribution in [1.82, 2.24) is 10.6 Å². The molecule has 0 unspecified atom stereocenters. The van der Waals surface area contributed by atoms with Gasteiger partial charge in [-0.25, -0.2) is 0 Å². The summed E-state index contributed by atoms with van der Waals surface area (Å²) in [5.41, 5.74) is 2.34. The molecular formula is C25H36N2O4S. The molecule has 6 nitrogen and oxygen atoms in total. The highest BCUT2D eigenvalue weighted by atomic mass is 32.1. The van der Waals surface area contributed by atoms with Gasteiger partial charge in [-0.3, -0.25) is 0 Å². The maximum Gasteiger partial charge on any atom is 0.166 e. The Kier molecular flexibility index (Phi) is 11.5. The average molecular weight is 461 g/mol. The molecule has 2 aromatic carbocycles. The van der Waals surface area contributed by atoms with Crippen LogP contribution in [0.5, 0.6) is 23.0 Å². The van der Waals surface area contributed by atoms with Crippen LogP contribution in [0.15, 0.2) is 36.4 Å². The van der Waals surface area contributed by atoms with Gasteiger partial charge in [0.2, 0.25) is 0 Å². The predicted octanol–water partition coefficient (Wildman–Crippen LogP) is 4.53. The first-order valence-corrected chi connectivity index (χ1v) is 11.8. The Morgan fingerprint density at radius 3 is 1.38 bits per heavy atom. The quantitative estimate of drug-likeness (QED) is 0.402. The first-order valence-electron chi connectivity index (χ1n) is 11.4. The Morgan fingerprint density at radius 1 is 0.625 bits per heavy atom. The number of benzene rings is 2. The van der Waals surface area contributed by atoms with E-state index in [1.807, 2.05) is 52.0 Å². The minimum atomic E-state index is 0.607. The molecule has 0 aliphatic carbocycles. The Labute approximate surface area is 197 Å². The fourth-order valence-corrected chi connectivity index (χ4v) is 3.41. The third-order valence-corrected chi connectivity index (χ3v) is 4.90. The highest BCUT2D eigenvalue weighted by Crippen LogP contribution is 2.29. The molecule has 0 aliphatic heterocycles. The smallest absolute Gasteiger partial charge is 0.166 e. The molecule has 0 aromatic heterocycles. The van der Waals surface area contributed by atoms with Crippen LogP contribution in [0.1, 0.15) is 38.8 Å². The van der Waals surface area contributed by atoms with Gasteiger partial charge in [-0.2, -0.15) is 0 Å². The molecule has 0 bridgehead atoms. The van der Waals surface area contributed by atoms with Gasteiger partial charge in [0, 0.05) is 13.1 Å². The molecular weight excluding hydrogens is 424 g/mol. The lowest BCUT2D eigenvalue weighted by molar-refractivity contribution is 0.287. The van der Waals surface area contributed by atoms with Crippen LogP contribution >= 0.6 is 12.2 Å². The molecule has 0 saturated heterocycles.